The first-order chi connectivity index (χ1) is 16.6. The smallest absolute Gasteiger partial charge is 0.253 e. The molecule has 1 saturated carbocycles. The number of pyridine rings is 1. The Labute approximate surface area is 212 Å². The zero-order chi connectivity index (χ0) is 24.7. The second-order valence-electron chi connectivity index (χ2n) is 11.7. The van der Waals surface area contributed by atoms with E-state index in [1.807, 2.05) is 48.8 Å². The molecule has 2 saturated heterocycles. The van der Waals surface area contributed by atoms with Gasteiger partial charge in [0.05, 0.1) is 5.69 Å². The number of carbonyl (C=O) groups excluding carboxylic acids is 1. The van der Waals surface area contributed by atoms with Crippen LogP contribution in [0.3, 0.4) is 0 Å². The highest BCUT2D eigenvalue weighted by Crippen LogP contribution is 2.57. The van der Waals surface area contributed by atoms with Crippen molar-refractivity contribution in [2.24, 2.45) is 7.05 Å². The maximum absolute atomic E-state index is 13.4. The van der Waals surface area contributed by atoms with Crippen molar-refractivity contribution < 1.29 is 4.79 Å². The molecule has 3 aliphatic rings. The number of nitrogens with zero attached hydrogens (tertiary/aromatic N) is 4. The SMILES string of the molecule is Cc1ccc2c([C@H]3C[C@@H]3c3ccc(C(=O)N(C)C4C[C@]5(C)CC[C@](C)(C4)N5)cc3Cl)nn(C)c2n1. The van der Waals surface area contributed by atoms with Crippen molar-refractivity contribution in [3.8, 4) is 0 Å². The van der Waals surface area contributed by atoms with Gasteiger partial charge in [0.15, 0.2) is 5.65 Å². The van der Waals surface area contributed by atoms with Gasteiger partial charge in [0.25, 0.3) is 5.91 Å². The maximum atomic E-state index is 13.4. The summed E-state index contributed by atoms with van der Waals surface area (Å²) < 4.78 is 1.88. The van der Waals surface area contributed by atoms with E-state index in [-0.39, 0.29) is 23.0 Å². The average molecular weight is 492 g/mol. The molecule has 1 amide bonds. The van der Waals surface area contributed by atoms with E-state index < -0.39 is 0 Å². The first-order valence-electron chi connectivity index (χ1n) is 12.7. The summed E-state index contributed by atoms with van der Waals surface area (Å²) in [7, 11) is 3.90. The van der Waals surface area contributed by atoms with Gasteiger partial charge in [-0.25, -0.2) is 4.98 Å². The Bertz CT molecular complexity index is 1330. The highest BCUT2D eigenvalue weighted by molar-refractivity contribution is 6.31. The summed E-state index contributed by atoms with van der Waals surface area (Å²) in [5, 5.41) is 10.4. The molecule has 2 aromatic heterocycles. The number of fused-ring (bicyclic) bond motifs is 3. The molecule has 7 heteroatoms. The fourth-order valence-electron chi connectivity index (χ4n) is 6.80. The van der Waals surface area contributed by atoms with Gasteiger partial charge >= 0.3 is 0 Å². The van der Waals surface area contributed by atoms with Gasteiger partial charge in [-0.3, -0.25) is 9.48 Å². The number of benzene rings is 1. The number of hydrogen-bond donors (Lipinski definition) is 1. The second kappa shape index (κ2) is 7.78. The summed E-state index contributed by atoms with van der Waals surface area (Å²) in [5.74, 6) is 0.710. The Balaban J connectivity index is 1.20. The Morgan fingerprint density at radius 1 is 1.14 bits per heavy atom. The molecular weight excluding hydrogens is 458 g/mol. The van der Waals surface area contributed by atoms with E-state index in [1.54, 1.807) is 0 Å². The third-order valence-corrected chi connectivity index (χ3v) is 9.04. The molecule has 3 fully saturated rings. The van der Waals surface area contributed by atoms with Crippen molar-refractivity contribution in [2.45, 2.75) is 81.8 Å². The molecule has 3 aromatic rings. The molecule has 1 aliphatic carbocycles. The van der Waals surface area contributed by atoms with E-state index in [0.717, 1.165) is 47.2 Å². The first kappa shape index (κ1) is 23.0. The van der Waals surface area contributed by atoms with Crippen LogP contribution in [0.25, 0.3) is 11.0 Å². The lowest BCUT2D eigenvalue weighted by Gasteiger charge is -2.45. The number of carbonyl (C=O) groups is 1. The van der Waals surface area contributed by atoms with E-state index in [0.29, 0.717) is 22.4 Å². The molecule has 0 spiro atoms. The quantitative estimate of drug-likeness (QED) is 0.535. The van der Waals surface area contributed by atoms with Crippen LogP contribution in [0.4, 0.5) is 0 Å². The van der Waals surface area contributed by atoms with E-state index in [9.17, 15) is 4.79 Å². The molecule has 6 nitrogen and oxygen atoms in total. The van der Waals surface area contributed by atoms with E-state index in [2.05, 4.69) is 36.3 Å². The lowest BCUT2D eigenvalue weighted by Crippen LogP contribution is -2.59. The third kappa shape index (κ3) is 3.86. The van der Waals surface area contributed by atoms with Crippen LogP contribution < -0.4 is 5.32 Å². The van der Waals surface area contributed by atoms with Crippen LogP contribution in [-0.2, 0) is 7.05 Å². The standard InChI is InChI=1S/C28H34ClN5O/c1-16-6-8-20-24(31-34(5)25(20)30-16)22-13-21(22)19-9-7-17(12-23(19)29)26(35)33(4)18-14-27(2)10-11-28(3,15-18)32-27/h6-9,12,18,21-22,32H,10-11,13-15H2,1-5H3/t18?,21-,22+,27-,28+/m1/s1. The lowest BCUT2D eigenvalue weighted by molar-refractivity contribution is 0.0597. The number of halogens is 1. The minimum atomic E-state index is 0.0569. The average Bonchev–Trinajstić information content (AvgIpc) is 3.47. The Kier molecular flexibility index (Phi) is 5.11. The number of amides is 1. The molecule has 6 rings (SSSR count). The van der Waals surface area contributed by atoms with Crippen LogP contribution in [0.15, 0.2) is 30.3 Å². The van der Waals surface area contributed by atoms with Gasteiger partial charge in [-0.1, -0.05) is 17.7 Å². The molecule has 1 aromatic carbocycles. The molecule has 35 heavy (non-hydrogen) atoms. The van der Waals surface area contributed by atoms with Crippen molar-refractivity contribution in [1.82, 2.24) is 25.0 Å². The van der Waals surface area contributed by atoms with Crippen LogP contribution in [0.1, 0.15) is 85.1 Å². The summed E-state index contributed by atoms with van der Waals surface area (Å²) in [6, 6.07) is 10.3. The summed E-state index contributed by atoms with van der Waals surface area (Å²) in [6.45, 7) is 6.59. The van der Waals surface area contributed by atoms with Crippen molar-refractivity contribution in [3.63, 3.8) is 0 Å². The molecule has 1 N–H and O–H groups in total. The molecule has 2 bridgehead atoms. The molecule has 1 unspecified atom stereocenters. The number of aryl methyl sites for hydroxylation is 2. The summed E-state index contributed by atoms with van der Waals surface area (Å²) in [4.78, 5) is 20.0. The van der Waals surface area contributed by atoms with Crippen LogP contribution in [-0.4, -0.2) is 49.7 Å². The Hall–Kier alpha value is -2.44. The van der Waals surface area contributed by atoms with Crippen molar-refractivity contribution in [1.29, 1.82) is 0 Å². The molecule has 4 heterocycles. The predicted molar refractivity (Wildman–Crippen MR) is 139 cm³/mol. The molecule has 0 radical (unpaired) electrons. The monoisotopic (exact) mass is 491 g/mol. The van der Waals surface area contributed by atoms with Crippen LogP contribution in [0.2, 0.25) is 5.02 Å². The third-order valence-electron chi connectivity index (χ3n) is 8.72. The zero-order valence-electron chi connectivity index (χ0n) is 21.2. The molecule has 2 aliphatic heterocycles. The summed E-state index contributed by atoms with van der Waals surface area (Å²) >= 11 is 6.78. The van der Waals surface area contributed by atoms with Crippen molar-refractivity contribution in [3.05, 3.63) is 57.9 Å². The van der Waals surface area contributed by atoms with Crippen LogP contribution in [0, 0.1) is 6.92 Å². The first-order valence-corrected chi connectivity index (χ1v) is 13.1. The second-order valence-corrected chi connectivity index (χ2v) is 12.1. The summed E-state index contributed by atoms with van der Waals surface area (Å²) in [6.07, 6.45) is 5.34. The number of hydrogen-bond acceptors (Lipinski definition) is 4. The maximum Gasteiger partial charge on any atom is 0.253 e. The van der Waals surface area contributed by atoms with Gasteiger partial charge in [0.1, 0.15) is 0 Å². The number of nitrogens with one attached hydrogen (secondary N) is 1. The number of aromatic nitrogens is 3. The topological polar surface area (TPSA) is 63.1 Å². The summed E-state index contributed by atoms with van der Waals surface area (Å²) in [5.41, 5.74) is 5.04. The van der Waals surface area contributed by atoms with Gasteiger partial charge < -0.3 is 10.2 Å². The predicted octanol–water partition coefficient (Wildman–Crippen LogP) is 5.34. The largest absolute Gasteiger partial charge is 0.339 e. The highest BCUT2D eigenvalue weighted by Gasteiger charge is 2.50. The van der Waals surface area contributed by atoms with Gasteiger partial charge in [-0.2, -0.15) is 5.10 Å². The Morgan fingerprint density at radius 3 is 2.54 bits per heavy atom. The van der Waals surface area contributed by atoms with Crippen molar-refractivity contribution in [2.75, 3.05) is 7.05 Å². The fourth-order valence-corrected chi connectivity index (χ4v) is 7.12. The molecular formula is C28H34ClN5O. The van der Waals surface area contributed by atoms with E-state index >= 15 is 0 Å². The van der Waals surface area contributed by atoms with Gasteiger partial charge in [0.2, 0.25) is 0 Å². The normalized spacial score (nSPS) is 31.7. The van der Waals surface area contributed by atoms with Crippen LogP contribution in [0.5, 0.6) is 0 Å². The highest BCUT2D eigenvalue weighted by atomic mass is 35.5. The van der Waals surface area contributed by atoms with E-state index in [1.165, 1.54) is 12.8 Å². The van der Waals surface area contributed by atoms with Gasteiger partial charge in [-0.15, -0.1) is 0 Å². The minimum absolute atomic E-state index is 0.0569. The molecule has 184 valence electrons. The van der Waals surface area contributed by atoms with E-state index in [4.69, 9.17) is 16.7 Å². The fraction of sp³-hybridized carbons (Fsp3) is 0.536. The van der Waals surface area contributed by atoms with Gasteiger partial charge in [-0.05, 0) is 88.6 Å². The number of rotatable bonds is 4. The van der Waals surface area contributed by atoms with Crippen LogP contribution >= 0.6 is 11.6 Å². The molecule has 5 atom stereocenters. The van der Waals surface area contributed by atoms with Gasteiger partial charge in [0, 0.05) is 58.8 Å². The van der Waals surface area contributed by atoms with Crippen molar-refractivity contribution >= 4 is 28.5 Å². The Morgan fingerprint density at radius 2 is 1.86 bits per heavy atom. The number of piperidine rings is 1. The minimum Gasteiger partial charge on any atom is -0.339 e. The lowest BCUT2D eigenvalue weighted by atomic mass is 9.84. The zero-order valence-corrected chi connectivity index (χ0v) is 22.0.